The maximum absolute atomic E-state index is 11.6. The lowest BCUT2D eigenvalue weighted by molar-refractivity contribution is -0.113. The van der Waals surface area contributed by atoms with E-state index in [0.29, 0.717) is 9.95 Å². The van der Waals surface area contributed by atoms with Crippen LogP contribution in [0.1, 0.15) is 12.0 Å². The van der Waals surface area contributed by atoms with Gasteiger partial charge in [0.25, 0.3) is 0 Å². The maximum Gasteiger partial charge on any atom is 0.176 e. The molecule has 0 amide bonds. The van der Waals surface area contributed by atoms with Gasteiger partial charge in [0.05, 0.1) is 22.6 Å². The number of thioether (sulfide) groups is 1. The number of fused-ring (bicyclic) bond motifs is 1. The molecule has 0 saturated carbocycles. The Balaban J connectivity index is 2.01. The van der Waals surface area contributed by atoms with Crippen molar-refractivity contribution >= 4 is 39.6 Å². The molecule has 17 heavy (non-hydrogen) atoms. The van der Waals surface area contributed by atoms with Crippen molar-refractivity contribution < 1.29 is 9.21 Å². The van der Waals surface area contributed by atoms with Crippen molar-refractivity contribution in [1.29, 1.82) is 5.41 Å². The van der Waals surface area contributed by atoms with Gasteiger partial charge in [-0.2, -0.15) is 0 Å². The molecule has 0 aliphatic carbocycles. The first kappa shape index (κ1) is 10.4. The highest BCUT2D eigenvalue weighted by Crippen LogP contribution is 2.31. The Morgan fingerprint density at radius 3 is 3.00 bits per heavy atom. The first-order valence-electron chi connectivity index (χ1n) is 5.20. The minimum Gasteiger partial charge on any atom is -0.464 e. The molecule has 2 heterocycles. The number of furan rings is 1. The first-order valence-corrected chi connectivity index (χ1v) is 6.01. The van der Waals surface area contributed by atoms with Gasteiger partial charge in [-0.3, -0.25) is 10.2 Å². The monoisotopic (exact) mass is 243 g/mol. The average Bonchev–Trinajstić information content (AvgIpc) is 2.85. The van der Waals surface area contributed by atoms with Crippen LogP contribution < -0.4 is 0 Å². The smallest absolute Gasteiger partial charge is 0.176 e. The number of rotatable bonds is 1. The summed E-state index contributed by atoms with van der Waals surface area (Å²) in [6.07, 6.45) is 3.72. The zero-order valence-corrected chi connectivity index (χ0v) is 9.71. The second-order valence-corrected chi connectivity index (χ2v) is 4.99. The molecule has 0 atom stereocenters. The minimum absolute atomic E-state index is 0.0345. The number of carbonyl (C=O) groups excluding carboxylic acids is 1. The van der Waals surface area contributed by atoms with E-state index in [9.17, 15) is 4.79 Å². The lowest BCUT2D eigenvalue weighted by Crippen LogP contribution is -1.91. The Morgan fingerprint density at radius 1 is 1.35 bits per heavy atom. The molecule has 0 spiro atoms. The summed E-state index contributed by atoms with van der Waals surface area (Å²) in [5.41, 5.74) is 1.80. The van der Waals surface area contributed by atoms with Crippen LogP contribution in [-0.2, 0) is 4.79 Å². The van der Waals surface area contributed by atoms with Gasteiger partial charge in [-0.15, -0.1) is 0 Å². The van der Waals surface area contributed by atoms with Gasteiger partial charge in [-0.1, -0.05) is 17.8 Å². The van der Waals surface area contributed by atoms with Crippen LogP contribution in [-0.4, -0.2) is 10.8 Å². The van der Waals surface area contributed by atoms with Crippen LogP contribution >= 0.6 is 11.8 Å². The molecule has 4 heteroatoms. The third kappa shape index (κ3) is 1.91. The van der Waals surface area contributed by atoms with Crippen LogP contribution in [0.15, 0.2) is 39.9 Å². The van der Waals surface area contributed by atoms with Gasteiger partial charge in [0.2, 0.25) is 0 Å². The number of hydrogen-bond acceptors (Lipinski definition) is 4. The van der Waals surface area contributed by atoms with Gasteiger partial charge in [0, 0.05) is 5.39 Å². The minimum atomic E-state index is 0.0345. The number of ketones is 1. The van der Waals surface area contributed by atoms with Gasteiger partial charge in [0.1, 0.15) is 5.58 Å². The van der Waals surface area contributed by atoms with Crippen molar-refractivity contribution in [3.8, 4) is 0 Å². The summed E-state index contributed by atoms with van der Waals surface area (Å²) in [6, 6.07) is 7.66. The van der Waals surface area contributed by atoms with Gasteiger partial charge in [-0.05, 0) is 29.8 Å². The largest absolute Gasteiger partial charge is 0.464 e. The predicted octanol–water partition coefficient (Wildman–Crippen LogP) is 3.46. The fourth-order valence-corrected chi connectivity index (χ4v) is 2.64. The quantitative estimate of drug-likeness (QED) is 0.780. The number of nitrogens with one attached hydrogen (secondary N) is 1. The Morgan fingerprint density at radius 2 is 2.24 bits per heavy atom. The van der Waals surface area contributed by atoms with Gasteiger partial charge in [-0.25, -0.2) is 0 Å². The number of hydrogen-bond donors (Lipinski definition) is 1. The van der Waals surface area contributed by atoms with Crippen molar-refractivity contribution in [2.75, 3.05) is 0 Å². The molecule has 0 bridgehead atoms. The van der Waals surface area contributed by atoms with Gasteiger partial charge < -0.3 is 4.42 Å². The van der Waals surface area contributed by atoms with Crippen molar-refractivity contribution in [3.63, 3.8) is 0 Å². The van der Waals surface area contributed by atoms with Crippen LogP contribution in [0.3, 0.4) is 0 Å². The molecule has 3 nitrogen and oxygen atoms in total. The summed E-state index contributed by atoms with van der Waals surface area (Å²) in [5.74, 6) is 0.0345. The summed E-state index contributed by atoms with van der Waals surface area (Å²) >= 11 is 1.25. The zero-order valence-electron chi connectivity index (χ0n) is 8.90. The number of benzene rings is 1. The van der Waals surface area contributed by atoms with Crippen molar-refractivity contribution in [3.05, 3.63) is 41.0 Å². The topological polar surface area (TPSA) is 54.1 Å². The molecule has 1 N–H and O–H groups in total. The molecular weight excluding hydrogens is 234 g/mol. The lowest BCUT2D eigenvalue weighted by atomic mass is 10.1. The second kappa shape index (κ2) is 3.89. The van der Waals surface area contributed by atoms with Crippen LogP contribution in [0.5, 0.6) is 0 Å². The highest BCUT2D eigenvalue weighted by Gasteiger charge is 2.22. The van der Waals surface area contributed by atoms with Crippen molar-refractivity contribution in [2.45, 2.75) is 6.42 Å². The van der Waals surface area contributed by atoms with Gasteiger partial charge in [0.15, 0.2) is 5.78 Å². The molecule has 3 rings (SSSR count). The normalized spacial score (nSPS) is 18.5. The molecule has 1 aliphatic heterocycles. The Bertz CT molecular complexity index is 654. The molecular formula is C13H9NO2S. The Kier molecular flexibility index (Phi) is 2.37. The summed E-state index contributed by atoms with van der Waals surface area (Å²) in [5, 5.41) is 8.91. The highest BCUT2D eigenvalue weighted by molar-refractivity contribution is 8.18. The Hall–Kier alpha value is -1.81. The number of Topliss-reactive ketones (excluding diaryl/α,β-unsaturated/α-hetero) is 1. The highest BCUT2D eigenvalue weighted by atomic mass is 32.2. The molecule has 84 valence electrons. The lowest BCUT2D eigenvalue weighted by Gasteiger charge is -1.96. The van der Waals surface area contributed by atoms with Crippen LogP contribution in [0.4, 0.5) is 0 Å². The fourth-order valence-electron chi connectivity index (χ4n) is 1.79. The van der Waals surface area contributed by atoms with E-state index in [0.717, 1.165) is 16.5 Å². The second-order valence-electron chi connectivity index (χ2n) is 3.85. The van der Waals surface area contributed by atoms with E-state index in [-0.39, 0.29) is 12.2 Å². The van der Waals surface area contributed by atoms with E-state index < -0.39 is 0 Å². The molecule has 1 aromatic carbocycles. The maximum atomic E-state index is 11.6. The summed E-state index contributed by atoms with van der Waals surface area (Å²) in [6.45, 7) is 0. The van der Waals surface area contributed by atoms with E-state index in [2.05, 4.69) is 0 Å². The van der Waals surface area contributed by atoms with E-state index in [1.165, 1.54) is 11.8 Å². The standard InChI is InChI=1S/C13H9NO2S/c14-13-7-10(15)12(17-13)6-8-1-2-11-9(5-8)3-4-16-11/h1-6,14H,7H2/b12-6-,14-13?. The summed E-state index contributed by atoms with van der Waals surface area (Å²) < 4.78 is 5.25. The van der Waals surface area contributed by atoms with E-state index in [1.807, 2.05) is 30.3 Å². The van der Waals surface area contributed by atoms with Gasteiger partial charge >= 0.3 is 0 Å². The van der Waals surface area contributed by atoms with Crippen LogP contribution in [0, 0.1) is 5.41 Å². The average molecular weight is 243 g/mol. The molecule has 1 fully saturated rings. The summed E-state index contributed by atoms with van der Waals surface area (Å²) in [7, 11) is 0. The molecule has 1 saturated heterocycles. The van der Waals surface area contributed by atoms with Crippen LogP contribution in [0.25, 0.3) is 17.0 Å². The fraction of sp³-hybridized carbons (Fsp3) is 0.0769. The first-order chi connectivity index (χ1) is 8.22. The van der Waals surface area contributed by atoms with E-state index in [4.69, 9.17) is 9.83 Å². The zero-order chi connectivity index (χ0) is 11.8. The molecule has 1 aromatic heterocycles. The van der Waals surface area contributed by atoms with E-state index >= 15 is 0 Å². The molecule has 1 aliphatic rings. The summed E-state index contributed by atoms with van der Waals surface area (Å²) in [4.78, 5) is 12.2. The number of carbonyl (C=O) groups is 1. The van der Waals surface area contributed by atoms with Crippen LogP contribution in [0.2, 0.25) is 0 Å². The molecule has 2 aromatic rings. The van der Waals surface area contributed by atoms with E-state index in [1.54, 1.807) is 6.26 Å². The number of allylic oxidation sites excluding steroid dienone is 1. The predicted molar refractivity (Wildman–Crippen MR) is 69.1 cm³/mol. The third-order valence-electron chi connectivity index (χ3n) is 2.60. The third-order valence-corrected chi connectivity index (χ3v) is 3.56. The van der Waals surface area contributed by atoms with Crippen molar-refractivity contribution in [1.82, 2.24) is 0 Å². The SMILES string of the molecule is N=C1CC(=O)/C(=C/c2ccc3occc3c2)S1. The Labute approximate surface area is 102 Å². The molecule has 0 unspecified atom stereocenters. The van der Waals surface area contributed by atoms with Crippen molar-refractivity contribution in [2.24, 2.45) is 0 Å². The molecule has 0 radical (unpaired) electrons.